The molecule has 1 aromatic rings. The molecule has 0 bridgehead atoms. The minimum absolute atomic E-state index is 0.00531. The van der Waals surface area contributed by atoms with E-state index in [0.29, 0.717) is 23.3 Å². The van der Waals surface area contributed by atoms with E-state index >= 15 is 0 Å². The number of nitrogens with zero attached hydrogens (tertiary/aromatic N) is 2. The molecule has 0 saturated carbocycles. The van der Waals surface area contributed by atoms with Crippen LogP contribution in [0.3, 0.4) is 0 Å². The second-order valence-corrected chi connectivity index (χ2v) is 4.35. The van der Waals surface area contributed by atoms with Crippen LogP contribution in [0.15, 0.2) is 15.5 Å². The van der Waals surface area contributed by atoms with Crippen LogP contribution in [0.5, 0.6) is 0 Å². The molecule has 7 heteroatoms. The van der Waals surface area contributed by atoms with Crippen molar-refractivity contribution in [3.05, 3.63) is 21.0 Å². The highest BCUT2D eigenvalue weighted by Gasteiger charge is 2.09. The Kier molecular flexibility index (Phi) is 5.84. The normalized spacial score (nSPS) is 10.2. The molecule has 0 aliphatic rings. The van der Waals surface area contributed by atoms with E-state index < -0.39 is 0 Å². The Hall–Kier alpha value is -1.37. The van der Waals surface area contributed by atoms with Crippen LogP contribution in [-0.4, -0.2) is 28.9 Å². The van der Waals surface area contributed by atoms with Crippen LogP contribution in [0.2, 0.25) is 0 Å². The number of carbonyl (C=O) groups excluding carboxylic acids is 1. The maximum Gasteiger partial charge on any atom is 0.325 e. The number of ether oxygens (including phenoxy) is 1. The van der Waals surface area contributed by atoms with Gasteiger partial charge in [0.15, 0.2) is 0 Å². The van der Waals surface area contributed by atoms with Gasteiger partial charge in [0, 0.05) is 6.54 Å². The van der Waals surface area contributed by atoms with E-state index in [1.54, 1.807) is 6.92 Å². The number of hydrogen-bond acceptors (Lipinski definition) is 5. The number of carbonyl (C=O) groups is 1. The minimum atomic E-state index is -0.373. The number of rotatable bonds is 6. The molecule has 0 unspecified atom stereocenters. The first-order chi connectivity index (χ1) is 8.60. The molecule has 0 saturated heterocycles. The average Bonchev–Trinajstić information content (AvgIpc) is 2.35. The van der Waals surface area contributed by atoms with Crippen molar-refractivity contribution in [2.75, 3.05) is 18.5 Å². The van der Waals surface area contributed by atoms with Gasteiger partial charge in [0.2, 0.25) is 0 Å². The first-order valence-corrected chi connectivity index (χ1v) is 6.54. The summed E-state index contributed by atoms with van der Waals surface area (Å²) < 4.78 is 6.52. The van der Waals surface area contributed by atoms with Crippen LogP contribution in [0.25, 0.3) is 0 Å². The fourth-order valence-corrected chi connectivity index (χ4v) is 1.79. The number of hydrogen-bond donors (Lipinski definition) is 1. The lowest BCUT2D eigenvalue weighted by molar-refractivity contribution is -0.140. The SMILES string of the molecule is CCCn1ncc(NCC(=O)OCC)c(Br)c1=O. The third-order valence-corrected chi connectivity index (χ3v) is 2.92. The number of nitrogens with one attached hydrogen (secondary N) is 1. The van der Waals surface area contributed by atoms with E-state index in [-0.39, 0.29) is 18.1 Å². The summed E-state index contributed by atoms with van der Waals surface area (Å²) in [6.45, 7) is 4.61. The van der Waals surface area contributed by atoms with Gasteiger partial charge in [-0.15, -0.1) is 0 Å². The Morgan fingerprint density at radius 3 is 2.89 bits per heavy atom. The van der Waals surface area contributed by atoms with Gasteiger partial charge in [0.1, 0.15) is 11.0 Å². The van der Waals surface area contributed by atoms with Crippen molar-refractivity contribution in [2.45, 2.75) is 26.8 Å². The molecule has 0 atom stereocenters. The van der Waals surface area contributed by atoms with E-state index in [1.165, 1.54) is 10.9 Å². The lowest BCUT2D eigenvalue weighted by Gasteiger charge is -2.09. The molecular weight excluding hydrogens is 302 g/mol. The van der Waals surface area contributed by atoms with Gasteiger partial charge < -0.3 is 10.1 Å². The third-order valence-electron chi connectivity index (χ3n) is 2.15. The highest BCUT2D eigenvalue weighted by atomic mass is 79.9. The molecule has 1 rings (SSSR count). The number of aromatic nitrogens is 2. The number of esters is 1. The van der Waals surface area contributed by atoms with Crippen molar-refractivity contribution < 1.29 is 9.53 Å². The zero-order valence-electron chi connectivity index (χ0n) is 10.4. The second-order valence-electron chi connectivity index (χ2n) is 3.56. The highest BCUT2D eigenvalue weighted by Crippen LogP contribution is 2.15. The maximum absolute atomic E-state index is 11.8. The zero-order valence-corrected chi connectivity index (χ0v) is 12.0. The lowest BCUT2D eigenvalue weighted by Crippen LogP contribution is -2.25. The summed E-state index contributed by atoms with van der Waals surface area (Å²) in [5.41, 5.74) is 0.270. The van der Waals surface area contributed by atoms with Crippen LogP contribution in [0.1, 0.15) is 20.3 Å². The van der Waals surface area contributed by atoms with Gasteiger partial charge >= 0.3 is 5.97 Å². The zero-order chi connectivity index (χ0) is 13.5. The molecule has 1 aromatic heterocycles. The molecule has 0 aliphatic heterocycles. The van der Waals surface area contributed by atoms with Gasteiger partial charge in [-0.2, -0.15) is 5.10 Å². The quantitative estimate of drug-likeness (QED) is 0.803. The van der Waals surface area contributed by atoms with E-state index in [4.69, 9.17) is 4.74 Å². The Bertz CT molecular complexity index is 473. The average molecular weight is 318 g/mol. The number of aryl methyl sites for hydroxylation is 1. The fraction of sp³-hybridized carbons (Fsp3) is 0.545. The van der Waals surface area contributed by atoms with Gasteiger partial charge in [-0.05, 0) is 29.3 Å². The molecule has 100 valence electrons. The Labute approximate surface area is 113 Å². The Morgan fingerprint density at radius 1 is 1.56 bits per heavy atom. The fourth-order valence-electron chi connectivity index (χ4n) is 1.34. The predicted octanol–water partition coefficient (Wildman–Crippen LogP) is 1.39. The molecule has 0 fully saturated rings. The lowest BCUT2D eigenvalue weighted by atomic mass is 10.4. The standard InChI is InChI=1S/C11H16BrN3O3/c1-3-5-15-11(17)10(12)8(6-14-15)13-7-9(16)18-4-2/h6,13H,3-5,7H2,1-2H3. The molecular formula is C11H16BrN3O3. The summed E-state index contributed by atoms with van der Waals surface area (Å²) >= 11 is 3.20. The van der Waals surface area contributed by atoms with Crippen LogP contribution in [0, 0.1) is 0 Å². The molecule has 0 spiro atoms. The summed E-state index contributed by atoms with van der Waals surface area (Å²) in [6.07, 6.45) is 2.34. The molecule has 1 N–H and O–H groups in total. The maximum atomic E-state index is 11.8. The number of anilines is 1. The molecule has 0 aromatic carbocycles. The molecule has 6 nitrogen and oxygen atoms in total. The van der Waals surface area contributed by atoms with Crippen molar-refractivity contribution in [3.63, 3.8) is 0 Å². The van der Waals surface area contributed by atoms with E-state index in [0.717, 1.165) is 6.42 Å². The molecule has 0 amide bonds. The summed E-state index contributed by atoms with van der Waals surface area (Å²) in [5, 5.41) is 6.82. The van der Waals surface area contributed by atoms with E-state index in [2.05, 4.69) is 26.3 Å². The van der Waals surface area contributed by atoms with Crippen LogP contribution < -0.4 is 10.9 Å². The second kappa shape index (κ2) is 7.15. The Balaban J connectivity index is 2.76. The van der Waals surface area contributed by atoms with Crippen molar-refractivity contribution in [3.8, 4) is 0 Å². The van der Waals surface area contributed by atoms with Gasteiger partial charge in [-0.1, -0.05) is 6.92 Å². The topological polar surface area (TPSA) is 73.2 Å². The first-order valence-electron chi connectivity index (χ1n) is 5.75. The van der Waals surface area contributed by atoms with Crippen LogP contribution in [0.4, 0.5) is 5.69 Å². The molecule has 0 aliphatic carbocycles. The van der Waals surface area contributed by atoms with Gasteiger partial charge in [0.25, 0.3) is 5.56 Å². The molecule has 0 radical (unpaired) electrons. The highest BCUT2D eigenvalue weighted by molar-refractivity contribution is 9.10. The monoisotopic (exact) mass is 317 g/mol. The van der Waals surface area contributed by atoms with E-state index in [1.807, 2.05) is 6.92 Å². The van der Waals surface area contributed by atoms with Gasteiger partial charge in [-0.25, -0.2) is 4.68 Å². The molecule has 1 heterocycles. The van der Waals surface area contributed by atoms with Crippen molar-refractivity contribution in [1.29, 1.82) is 0 Å². The minimum Gasteiger partial charge on any atom is -0.465 e. The Morgan fingerprint density at radius 2 is 2.28 bits per heavy atom. The van der Waals surface area contributed by atoms with Gasteiger partial charge in [-0.3, -0.25) is 9.59 Å². The summed E-state index contributed by atoms with van der Waals surface area (Å²) in [7, 11) is 0. The summed E-state index contributed by atoms with van der Waals surface area (Å²) in [6, 6.07) is 0. The van der Waals surface area contributed by atoms with Crippen molar-refractivity contribution >= 4 is 27.6 Å². The molecule has 18 heavy (non-hydrogen) atoms. The number of halogens is 1. The van der Waals surface area contributed by atoms with Crippen molar-refractivity contribution in [2.24, 2.45) is 0 Å². The largest absolute Gasteiger partial charge is 0.465 e. The summed E-state index contributed by atoms with van der Waals surface area (Å²) in [4.78, 5) is 23.0. The van der Waals surface area contributed by atoms with Crippen LogP contribution >= 0.6 is 15.9 Å². The predicted molar refractivity (Wildman–Crippen MR) is 71.6 cm³/mol. The smallest absolute Gasteiger partial charge is 0.325 e. The first kappa shape index (κ1) is 14.7. The van der Waals surface area contributed by atoms with Crippen molar-refractivity contribution in [1.82, 2.24) is 9.78 Å². The summed E-state index contributed by atoms with van der Waals surface area (Å²) in [5.74, 6) is -0.373. The van der Waals surface area contributed by atoms with E-state index in [9.17, 15) is 9.59 Å². The third kappa shape index (κ3) is 3.83. The van der Waals surface area contributed by atoms with Crippen LogP contribution in [-0.2, 0) is 16.1 Å². The van der Waals surface area contributed by atoms with Gasteiger partial charge in [0.05, 0.1) is 18.5 Å².